The average Bonchev–Trinajstić information content (AvgIpc) is 2.40. The Morgan fingerprint density at radius 2 is 2.06 bits per heavy atom. The first-order valence-electron chi connectivity index (χ1n) is 6.36. The molecule has 18 heavy (non-hydrogen) atoms. The van der Waals surface area contributed by atoms with Gasteiger partial charge in [0, 0.05) is 0 Å². The molecule has 1 fully saturated rings. The highest BCUT2D eigenvalue weighted by Crippen LogP contribution is 2.13. The van der Waals surface area contributed by atoms with E-state index in [0.29, 0.717) is 0 Å². The Morgan fingerprint density at radius 3 is 2.67 bits per heavy atom. The van der Waals surface area contributed by atoms with Gasteiger partial charge in [-0.25, -0.2) is 0 Å². The van der Waals surface area contributed by atoms with Gasteiger partial charge in [0.25, 0.3) is 0 Å². The lowest BCUT2D eigenvalue weighted by molar-refractivity contribution is -0.124. The predicted octanol–water partition coefficient (Wildman–Crippen LogP) is 2.43. The Balaban J connectivity index is 0.00000162. The van der Waals surface area contributed by atoms with Gasteiger partial charge in [-0.3, -0.25) is 4.79 Å². The third-order valence-electron chi connectivity index (χ3n) is 3.29. The molecule has 4 heteroatoms. The molecule has 1 saturated heterocycles. The minimum atomic E-state index is -0.00471. The van der Waals surface area contributed by atoms with Crippen molar-refractivity contribution in [2.45, 2.75) is 38.3 Å². The van der Waals surface area contributed by atoms with E-state index in [1.54, 1.807) is 0 Å². The van der Waals surface area contributed by atoms with Crippen molar-refractivity contribution in [3.63, 3.8) is 0 Å². The lowest BCUT2D eigenvalue weighted by atomic mass is 10.0. The second kappa shape index (κ2) is 7.39. The van der Waals surface area contributed by atoms with E-state index in [9.17, 15) is 4.79 Å². The molecule has 0 spiro atoms. The van der Waals surface area contributed by atoms with E-state index in [1.807, 2.05) is 37.3 Å². The van der Waals surface area contributed by atoms with Crippen LogP contribution >= 0.6 is 12.4 Å². The number of halogens is 1. The molecule has 0 unspecified atom stereocenters. The van der Waals surface area contributed by atoms with E-state index in [0.717, 1.165) is 24.9 Å². The van der Waals surface area contributed by atoms with Crippen molar-refractivity contribution in [2.24, 2.45) is 0 Å². The summed E-state index contributed by atoms with van der Waals surface area (Å²) in [6.07, 6.45) is 3.27. The second-order valence-corrected chi connectivity index (χ2v) is 4.64. The molecule has 1 amide bonds. The molecule has 0 radical (unpaired) electrons. The Morgan fingerprint density at radius 1 is 1.33 bits per heavy atom. The minimum Gasteiger partial charge on any atom is -0.348 e. The molecular formula is C14H21ClN2O. The normalized spacial score (nSPS) is 20.6. The number of amides is 1. The zero-order chi connectivity index (χ0) is 12.1. The molecule has 1 aliphatic heterocycles. The summed E-state index contributed by atoms with van der Waals surface area (Å²) < 4.78 is 0. The number of benzene rings is 1. The molecule has 1 heterocycles. The van der Waals surface area contributed by atoms with Gasteiger partial charge in [-0.05, 0) is 31.9 Å². The number of carbonyl (C=O) groups is 1. The van der Waals surface area contributed by atoms with Crippen LogP contribution in [0, 0.1) is 0 Å². The molecule has 1 aliphatic rings. The van der Waals surface area contributed by atoms with Crippen LogP contribution in [0.1, 0.15) is 37.8 Å². The number of nitrogens with one attached hydrogen (secondary N) is 2. The Kier molecular flexibility index (Phi) is 6.16. The Bertz CT molecular complexity index is 363. The molecular weight excluding hydrogens is 248 g/mol. The van der Waals surface area contributed by atoms with Gasteiger partial charge in [0.05, 0.1) is 12.1 Å². The fraction of sp³-hybridized carbons (Fsp3) is 0.500. The second-order valence-electron chi connectivity index (χ2n) is 4.64. The monoisotopic (exact) mass is 268 g/mol. The summed E-state index contributed by atoms with van der Waals surface area (Å²) in [5.74, 6) is 0.126. The first-order valence-corrected chi connectivity index (χ1v) is 6.36. The fourth-order valence-corrected chi connectivity index (χ4v) is 2.21. The smallest absolute Gasteiger partial charge is 0.237 e. The molecule has 0 bridgehead atoms. The van der Waals surface area contributed by atoms with E-state index in [4.69, 9.17) is 0 Å². The quantitative estimate of drug-likeness (QED) is 0.884. The molecule has 1 aromatic rings. The molecule has 2 N–H and O–H groups in total. The molecule has 0 aromatic heterocycles. The Labute approximate surface area is 115 Å². The maximum Gasteiger partial charge on any atom is 0.237 e. The zero-order valence-electron chi connectivity index (χ0n) is 10.7. The highest BCUT2D eigenvalue weighted by molar-refractivity contribution is 5.85. The van der Waals surface area contributed by atoms with E-state index >= 15 is 0 Å². The lowest BCUT2D eigenvalue weighted by Gasteiger charge is -2.24. The van der Waals surface area contributed by atoms with Gasteiger partial charge in [0.2, 0.25) is 5.91 Å². The van der Waals surface area contributed by atoms with Gasteiger partial charge < -0.3 is 10.6 Å². The maximum atomic E-state index is 12.0. The predicted molar refractivity (Wildman–Crippen MR) is 75.9 cm³/mol. The zero-order valence-corrected chi connectivity index (χ0v) is 11.5. The molecule has 2 rings (SSSR count). The van der Waals surface area contributed by atoms with Crippen LogP contribution in [0.4, 0.5) is 0 Å². The van der Waals surface area contributed by atoms with E-state index in [2.05, 4.69) is 10.6 Å². The number of hydrogen-bond donors (Lipinski definition) is 2. The minimum absolute atomic E-state index is 0. The summed E-state index contributed by atoms with van der Waals surface area (Å²) in [6, 6.07) is 10.1. The fourth-order valence-electron chi connectivity index (χ4n) is 2.21. The number of piperidine rings is 1. The lowest BCUT2D eigenvalue weighted by Crippen LogP contribution is -2.47. The number of carbonyl (C=O) groups excluding carboxylic acids is 1. The van der Waals surface area contributed by atoms with Crippen molar-refractivity contribution in [2.75, 3.05) is 6.54 Å². The van der Waals surface area contributed by atoms with Crippen molar-refractivity contribution in [3.05, 3.63) is 35.9 Å². The summed E-state index contributed by atoms with van der Waals surface area (Å²) in [5.41, 5.74) is 1.15. The summed E-state index contributed by atoms with van der Waals surface area (Å²) in [7, 11) is 0. The van der Waals surface area contributed by atoms with Crippen LogP contribution in [0.5, 0.6) is 0 Å². The highest BCUT2D eigenvalue weighted by atomic mass is 35.5. The first-order chi connectivity index (χ1) is 8.27. The summed E-state index contributed by atoms with van der Waals surface area (Å²) >= 11 is 0. The summed E-state index contributed by atoms with van der Waals surface area (Å²) in [6.45, 7) is 2.98. The molecule has 100 valence electrons. The van der Waals surface area contributed by atoms with E-state index < -0.39 is 0 Å². The van der Waals surface area contributed by atoms with Gasteiger partial charge in [0.1, 0.15) is 0 Å². The Hall–Kier alpha value is -1.06. The molecule has 3 nitrogen and oxygen atoms in total. The molecule has 0 aliphatic carbocycles. The SMILES string of the molecule is C[C@@H](NC(=O)[C@H]1CCCCN1)c1ccccc1.Cl. The van der Waals surface area contributed by atoms with Crippen molar-refractivity contribution >= 4 is 18.3 Å². The average molecular weight is 269 g/mol. The van der Waals surface area contributed by atoms with Crippen LogP contribution in [-0.2, 0) is 4.79 Å². The molecule has 2 atom stereocenters. The van der Waals surface area contributed by atoms with Crippen molar-refractivity contribution < 1.29 is 4.79 Å². The van der Waals surface area contributed by atoms with Gasteiger partial charge in [0.15, 0.2) is 0 Å². The van der Waals surface area contributed by atoms with E-state index in [1.165, 1.54) is 6.42 Å². The van der Waals surface area contributed by atoms with Crippen LogP contribution in [0.3, 0.4) is 0 Å². The summed E-state index contributed by atoms with van der Waals surface area (Å²) in [4.78, 5) is 12.0. The molecule has 1 aromatic carbocycles. The standard InChI is InChI=1S/C14H20N2O.ClH/c1-11(12-7-3-2-4-8-12)16-14(17)13-9-5-6-10-15-13;/h2-4,7-8,11,13,15H,5-6,9-10H2,1H3,(H,16,17);1H/t11-,13-;/m1./s1. The van der Waals surface area contributed by atoms with Crippen LogP contribution < -0.4 is 10.6 Å². The number of hydrogen-bond acceptors (Lipinski definition) is 2. The van der Waals surface area contributed by atoms with Crippen LogP contribution in [0.2, 0.25) is 0 Å². The third-order valence-corrected chi connectivity index (χ3v) is 3.29. The summed E-state index contributed by atoms with van der Waals surface area (Å²) in [5, 5.41) is 6.33. The van der Waals surface area contributed by atoms with Crippen molar-refractivity contribution in [1.29, 1.82) is 0 Å². The van der Waals surface area contributed by atoms with Gasteiger partial charge in [-0.1, -0.05) is 36.8 Å². The van der Waals surface area contributed by atoms with Gasteiger partial charge in [-0.2, -0.15) is 0 Å². The van der Waals surface area contributed by atoms with Gasteiger partial charge in [-0.15, -0.1) is 12.4 Å². The van der Waals surface area contributed by atoms with Crippen LogP contribution in [0.25, 0.3) is 0 Å². The van der Waals surface area contributed by atoms with Gasteiger partial charge >= 0.3 is 0 Å². The number of rotatable bonds is 3. The van der Waals surface area contributed by atoms with Crippen molar-refractivity contribution in [3.8, 4) is 0 Å². The molecule has 0 saturated carbocycles. The first kappa shape index (κ1) is 15.0. The maximum absolute atomic E-state index is 12.0. The van der Waals surface area contributed by atoms with Crippen LogP contribution in [-0.4, -0.2) is 18.5 Å². The largest absolute Gasteiger partial charge is 0.348 e. The van der Waals surface area contributed by atoms with Crippen LogP contribution in [0.15, 0.2) is 30.3 Å². The highest BCUT2D eigenvalue weighted by Gasteiger charge is 2.21. The van der Waals surface area contributed by atoms with E-state index in [-0.39, 0.29) is 30.4 Å². The third kappa shape index (κ3) is 4.00. The topological polar surface area (TPSA) is 41.1 Å². The van der Waals surface area contributed by atoms with Crippen molar-refractivity contribution in [1.82, 2.24) is 10.6 Å².